The minimum atomic E-state index is -0.927. The van der Waals surface area contributed by atoms with Gasteiger partial charge in [0, 0.05) is 22.5 Å². The zero-order valence-electron chi connectivity index (χ0n) is 9.68. The molecule has 0 aliphatic carbocycles. The molecule has 96 valence electrons. The van der Waals surface area contributed by atoms with Crippen molar-refractivity contribution in [1.29, 1.82) is 5.26 Å². The van der Waals surface area contributed by atoms with Crippen LogP contribution in [-0.2, 0) is 6.54 Å². The highest BCUT2D eigenvalue weighted by atomic mass is 35.5. The molecule has 0 saturated heterocycles. The monoisotopic (exact) mass is 292 g/mol. The maximum Gasteiger partial charge on any atom is 0.336 e. The highest BCUT2D eigenvalue weighted by Gasteiger charge is 2.06. The number of benzene rings is 1. The van der Waals surface area contributed by atoms with Crippen LogP contribution in [0.3, 0.4) is 0 Å². The first-order valence-electron chi connectivity index (χ1n) is 5.34. The Morgan fingerprint density at radius 2 is 2.26 bits per heavy atom. The Kier molecular flexibility index (Phi) is 4.05. The zero-order chi connectivity index (χ0) is 13.8. The summed E-state index contributed by atoms with van der Waals surface area (Å²) < 4.78 is 0. The van der Waals surface area contributed by atoms with E-state index in [4.69, 9.17) is 22.0 Å². The summed E-state index contributed by atoms with van der Waals surface area (Å²) >= 11 is 7.30. The standard InChI is InChI=1S/C13H9ClN2O2S/c14-12-4-10(2-1-8(12)5-15)16-6-11-3-9(7-19-11)13(17)18/h1-4,7,16H,6H2,(H,17,18). The second kappa shape index (κ2) is 5.74. The van der Waals surface area contributed by atoms with E-state index < -0.39 is 5.97 Å². The average Bonchev–Trinajstić information content (AvgIpc) is 2.85. The second-order valence-corrected chi connectivity index (χ2v) is 5.17. The third kappa shape index (κ3) is 3.25. The van der Waals surface area contributed by atoms with E-state index in [1.54, 1.807) is 29.6 Å². The van der Waals surface area contributed by atoms with E-state index in [-0.39, 0.29) is 0 Å². The van der Waals surface area contributed by atoms with Crippen LogP contribution in [0.2, 0.25) is 5.02 Å². The molecule has 2 rings (SSSR count). The third-order valence-corrected chi connectivity index (χ3v) is 3.71. The van der Waals surface area contributed by atoms with E-state index in [9.17, 15) is 4.79 Å². The topological polar surface area (TPSA) is 73.1 Å². The van der Waals surface area contributed by atoms with Gasteiger partial charge in [-0.15, -0.1) is 11.3 Å². The van der Waals surface area contributed by atoms with E-state index in [2.05, 4.69) is 5.32 Å². The number of carbonyl (C=O) groups is 1. The number of hydrogen-bond acceptors (Lipinski definition) is 4. The van der Waals surface area contributed by atoms with Gasteiger partial charge in [0.15, 0.2) is 0 Å². The Bertz CT molecular complexity index is 661. The number of thiophene rings is 1. The average molecular weight is 293 g/mol. The fourth-order valence-corrected chi connectivity index (χ4v) is 2.51. The van der Waals surface area contributed by atoms with Gasteiger partial charge in [0.25, 0.3) is 0 Å². The van der Waals surface area contributed by atoms with Crippen LogP contribution in [-0.4, -0.2) is 11.1 Å². The Morgan fingerprint density at radius 3 is 2.84 bits per heavy atom. The number of rotatable bonds is 4. The lowest BCUT2D eigenvalue weighted by molar-refractivity contribution is 0.0697. The first-order valence-corrected chi connectivity index (χ1v) is 6.60. The van der Waals surface area contributed by atoms with Crippen LogP contribution < -0.4 is 5.32 Å². The SMILES string of the molecule is N#Cc1ccc(NCc2cc(C(=O)O)cs2)cc1Cl. The third-order valence-electron chi connectivity index (χ3n) is 2.46. The van der Waals surface area contributed by atoms with Crippen molar-refractivity contribution >= 4 is 34.6 Å². The molecule has 0 unspecified atom stereocenters. The lowest BCUT2D eigenvalue weighted by atomic mass is 10.2. The van der Waals surface area contributed by atoms with Crippen molar-refractivity contribution in [1.82, 2.24) is 0 Å². The number of nitrogens with one attached hydrogen (secondary N) is 1. The van der Waals surface area contributed by atoms with E-state index in [0.717, 1.165) is 10.6 Å². The summed E-state index contributed by atoms with van der Waals surface area (Å²) in [5, 5.41) is 22.7. The highest BCUT2D eigenvalue weighted by molar-refractivity contribution is 7.10. The van der Waals surface area contributed by atoms with E-state index in [1.165, 1.54) is 11.3 Å². The number of aromatic carboxylic acids is 1. The molecular weight excluding hydrogens is 284 g/mol. The van der Waals surface area contributed by atoms with E-state index >= 15 is 0 Å². The molecule has 1 heterocycles. The van der Waals surface area contributed by atoms with Crippen LogP contribution in [0.4, 0.5) is 5.69 Å². The summed E-state index contributed by atoms with van der Waals surface area (Å²) in [7, 11) is 0. The number of halogens is 1. The van der Waals surface area contributed by atoms with Crippen LogP contribution in [0.25, 0.3) is 0 Å². The predicted octanol–water partition coefficient (Wildman–Crippen LogP) is 3.58. The Balaban J connectivity index is 2.04. The van der Waals surface area contributed by atoms with Crippen LogP contribution in [0.15, 0.2) is 29.6 Å². The fourth-order valence-electron chi connectivity index (χ4n) is 1.49. The molecule has 0 atom stereocenters. The number of nitriles is 1. The molecule has 2 aromatic rings. The molecule has 0 saturated carbocycles. The number of carboxylic acid groups (broad SMARTS) is 1. The van der Waals surface area contributed by atoms with Crippen molar-refractivity contribution in [2.75, 3.05) is 5.32 Å². The normalized spacial score (nSPS) is 9.89. The molecule has 1 aromatic carbocycles. The molecule has 0 radical (unpaired) electrons. The second-order valence-electron chi connectivity index (χ2n) is 3.77. The van der Waals surface area contributed by atoms with Gasteiger partial charge in [-0.05, 0) is 24.3 Å². The van der Waals surface area contributed by atoms with Gasteiger partial charge in [0.05, 0.1) is 16.1 Å². The van der Waals surface area contributed by atoms with E-state index in [1.807, 2.05) is 6.07 Å². The first-order chi connectivity index (χ1) is 9.10. The molecule has 0 amide bonds. The number of anilines is 1. The Labute approximate surface area is 118 Å². The number of hydrogen-bond donors (Lipinski definition) is 2. The number of nitrogens with zero attached hydrogens (tertiary/aromatic N) is 1. The van der Waals surface area contributed by atoms with Gasteiger partial charge < -0.3 is 10.4 Å². The summed E-state index contributed by atoms with van der Waals surface area (Å²) in [4.78, 5) is 11.7. The van der Waals surface area contributed by atoms with E-state index in [0.29, 0.717) is 22.7 Å². The van der Waals surface area contributed by atoms with Crippen molar-refractivity contribution in [3.63, 3.8) is 0 Å². The van der Waals surface area contributed by atoms with Crippen LogP contribution in [0.5, 0.6) is 0 Å². The molecule has 0 aliphatic rings. The molecule has 19 heavy (non-hydrogen) atoms. The van der Waals surface area contributed by atoms with Gasteiger partial charge in [-0.1, -0.05) is 11.6 Å². The molecule has 0 spiro atoms. The van der Waals surface area contributed by atoms with Crippen LogP contribution in [0.1, 0.15) is 20.8 Å². The van der Waals surface area contributed by atoms with Crippen molar-refractivity contribution in [2.45, 2.75) is 6.54 Å². The van der Waals surface area contributed by atoms with Crippen molar-refractivity contribution in [3.05, 3.63) is 50.7 Å². The molecule has 6 heteroatoms. The Hall–Kier alpha value is -2.03. The maximum absolute atomic E-state index is 10.7. The molecule has 0 bridgehead atoms. The van der Waals surface area contributed by atoms with Gasteiger partial charge in [-0.25, -0.2) is 4.79 Å². The highest BCUT2D eigenvalue weighted by Crippen LogP contribution is 2.22. The van der Waals surface area contributed by atoms with Gasteiger partial charge in [0.2, 0.25) is 0 Å². The summed E-state index contributed by atoms with van der Waals surface area (Å²) in [5.41, 5.74) is 1.51. The van der Waals surface area contributed by atoms with Crippen molar-refractivity contribution in [2.24, 2.45) is 0 Å². The maximum atomic E-state index is 10.7. The minimum Gasteiger partial charge on any atom is -0.478 e. The summed E-state index contributed by atoms with van der Waals surface area (Å²) in [6.45, 7) is 0.514. The van der Waals surface area contributed by atoms with Gasteiger partial charge in [-0.2, -0.15) is 5.26 Å². The molecule has 4 nitrogen and oxygen atoms in total. The number of carboxylic acids is 1. The largest absolute Gasteiger partial charge is 0.478 e. The molecule has 0 fully saturated rings. The molecular formula is C13H9ClN2O2S. The Morgan fingerprint density at radius 1 is 1.47 bits per heavy atom. The quantitative estimate of drug-likeness (QED) is 0.903. The summed E-state index contributed by atoms with van der Waals surface area (Å²) in [6.07, 6.45) is 0. The lowest BCUT2D eigenvalue weighted by Gasteiger charge is -2.05. The fraction of sp³-hybridized carbons (Fsp3) is 0.0769. The van der Waals surface area contributed by atoms with Crippen LogP contribution >= 0.6 is 22.9 Å². The summed E-state index contributed by atoms with van der Waals surface area (Å²) in [6, 6.07) is 8.69. The van der Waals surface area contributed by atoms with Crippen LogP contribution in [0, 0.1) is 11.3 Å². The smallest absolute Gasteiger partial charge is 0.336 e. The van der Waals surface area contributed by atoms with Gasteiger partial charge >= 0.3 is 5.97 Å². The van der Waals surface area contributed by atoms with Gasteiger partial charge in [0.1, 0.15) is 6.07 Å². The van der Waals surface area contributed by atoms with Crippen molar-refractivity contribution < 1.29 is 9.90 Å². The molecule has 1 aromatic heterocycles. The summed E-state index contributed by atoms with van der Waals surface area (Å²) in [5.74, 6) is -0.927. The molecule has 0 aliphatic heterocycles. The zero-order valence-corrected chi connectivity index (χ0v) is 11.3. The van der Waals surface area contributed by atoms with Crippen molar-refractivity contribution in [3.8, 4) is 6.07 Å². The minimum absolute atomic E-state index is 0.291. The molecule has 2 N–H and O–H groups in total. The predicted molar refractivity (Wildman–Crippen MR) is 74.8 cm³/mol. The lowest BCUT2D eigenvalue weighted by Crippen LogP contribution is -1.98. The van der Waals surface area contributed by atoms with Gasteiger partial charge in [-0.3, -0.25) is 0 Å². The first kappa shape index (κ1) is 13.4.